The van der Waals surface area contributed by atoms with Crippen LogP contribution in [0, 0.1) is 5.92 Å². The van der Waals surface area contributed by atoms with Gasteiger partial charge in [0.25, 0.3) is 0 Å². The summed E-state index contributed by atoms with van der Waals surface area (Å²) in [5, 5.41) is 3.68. The van der Waals surface area contributed by atoms with Gasteiger partial charge in [-0.25, -0.2) is 9.78 Å². The van der Waals surface area contributed by atoms with E-state index in [2.05, 4.69) is 15.2 Å². The molecule has 3 rings (SSSR count). The third kappa shape index (κ3) is 3.73. The zero-order chi connectivity index (χ0) is 14.7. The van der Waals surface area contributed by atoms with Crippen molar-refractivity contribution in [1.29, 1.82) is 0 Å². The molecule has 2 aliphatic rings. The van der Waals surface area contributed by atoms with Gasteiger partial charge in [0.05, 0.1) is 7.11 Å². The van der Waals surface area contributed by atoms with Crippen molar-refractivity contribution < 1.29 is 9.53 Å². The standard InChI is InChI=1S/C16H23N3O2/c1-21-16(20)15-10-14(4-7-17-15)19-8-5-13(6-9-19)18-11-12-2-3-12/h4,7,10,12-13,18H,2-3,5-6,8-9,11H2,1H3. The smallest absolute Gasteiger partial charge is 0.356 e. The van der Waals surface area contributed by atoms with E-state index in [0.29, 0.717) is 11.7 Å². The predicted octanol–water partition coefficient (Wildman–Crippen LogP) is 1.84. The Morgan fingerprint density at radius 1 is 1.38 bits per heavy atom. The second-order valence-electron chi connectivity index (χ2n) is 6.00. The van der Waals surface area contributed by atoms with E-state index >= 15 is 0 Å². The fourth-order valence-electron chi connectivity index (χ4n) is 2.83. The van der Waals surface area contributed by atoms with E-state index in [9.17, 15) is 4.79 Å². The maximum atomic E-state index is 11.5. The topological polar surface area (TPSA) is 54.5 Å². The number of carbonyl (C=O) groups is 1. The van der Waals surface area contributed by atoms with Crippen molar-refractivity contribution in [2.45, 2.75) is 31.7 Å². The molecule has 1 saturated carbocycles. The van der Waals surface area contributed by atoms with Gasteiger partial charge in [-0.2, -0.15) is 0 Å². The highest BCUT2D eigenvalue weighted by atomic mass is 16.5. The summed E-state index contributed by atoms with van der Waals surface area (Å²) in [6.07, 6.45) is 6.79. The van der Waals surface area contributed by atoms with Crippen LogP contribution in [0.3, 0.4) is 0 Å². The molecule has 0 atom stereocenters. The largest absolute Gasteiger partial charge is 0.464 e. The molecular weight excluding hydrogens is 266 g/mol. The number of aromatic nitrogens is 1. The van der Waals surface area contributed by atoms with Gasteiger partial charge in [0.1, 0.15) is 5.69 Å². The summed E-state index contributed by atoms with van der Waals surface area (Å²) in [4.78, 5) is 17.9. The minimum absolute atomic E-state index is 0.377. The molecule has 21 heavy (non-hydrogen) atoms. The highest BCUT2D eigenvalue weighted by Gasteiger charge is 2.24. The molecule has 114 valence electrons. The number of anilines is 1. The Kier molecular flexibility index (Phi) is 4.39. The van der Waals surface area contributed by atoms with E-state index in [1.165, 1.54) is 26.5 Å². The van der Waals surface area contributed by atoms with Crippen LogP contribution in [-0.2, 0) is 4.74 Å². The summed E-state index contributed by atoms with van der Waals surface area (Å²) in [6, 6.07) is 4.43. The number of esters is 1. The molecule has 2 heterocycles. The highest BCUT2D eigenvalue weighted by molar-refractivity contribution is 5.88. The second-order valence-corrected chi connectivity index (χ2v) is 6.00. The predicted molar refractivity (Wildman–Crippen MR) is 81.5 cm³/mol. The summed E-state index contributed by atoms with van der Waals surface area (Å²) in [6.45, 7) is 3.23. The Morgan fingerprint density at radius 2 is 2.14 bits per heavy atom. The number of rotatable bonds is 5. The van der Waals surface area contributed by atoms with Gasteiger partial charge in [-0.05, 0) is 50.3 Å². The van der Waals surface area contributed by atoms with E-state index in [-0.39, 0.29) is 5.97 Å². The minimum Gasteiger partial charge on any atom is -0.464 e. The van der Waals surface area contributed by atoms with E-state index in [1.54, 1.807) is 6.20 Å². The average molecular weight is 289 g/mol. The Hall–Kier alpha value is -1.62. The number of piperidine rings is 1. The van der Waals surface area contributed by atoms with Crippen LogP contribution in [0.1, 0.15) is 36.2 Å². The first-order valence-electron chi connectivity index (χ1n) is 7.79. The lowest BCUT2D eigenvalue weighted by molar-refractivity contribution is 0.0594. The fourth-order valence-corrected chi connectivity index (χ4v) is 2.83. The van der Waals surface area contributed by atoms with Crippen LogP contribution in [0.5, 0.6) is 0 Å². The summed E-state index contributed by atoms with van der Waals surface area (Å²) in [5.74, 6) is 0.559. The quantitative estimate of drug-likeness (QED) is 0.838. The zero-order valence-corrected chi connectivity index (χ0v) is 12.5. The van der Waals surface area contributed by atoms with Crippen LogP contribution < -0.4 is 10.2 Å². The van der Waals surface area contributed by atoms with E-state index in [4.69, 9.17) is 4.74 Å². The fraction of sp³-hybridized carbons (Fsp3) is 0.625. The first kappa shape index (κ1) is 14.3. The third-order valence-corrected chi connectivity index (χ3v) is 4.39. The molecule has 1 aromatic heterocycles. The van der Waals surface area contributed by atoms with Gasteiger partial charge >= 0.3 is 5.97 Å². The number of nitrogens with zero attached hydrogens (tertiary/aromatic N) is 2. The van der Waals surface area contributed by atoms with Crippen LogP contribution >= 0.6 is 0 Å². The number of methoxy groups -OCH3 is 1. The van der Waals surface area contributed by atoms with Crippen molar-refractivity contribution in [2.24, 2.45) is 5.92 Å². The van der Waals surface area contributed by atoms with Crippen molar-refractivity contribution in [1.82, 2.24) is 10.3 Å². The number of hydrogen-bond donors (Lipinski definition) is 1. The first-order valence-corrected chi connectivity index (χ1v) is 7.79. The molecule has 5 nitrogen and oxygen atoms in total. The second kappa shape index (κ2) is 6.43. The Bertz CT molecular complexity index is 494. The van der Waals surface area contributed by atoms with E-state index < -0.39 is 0 Å². The van der Waals surface area contributed by atoms with Crippen LogP contribution in [0.25, 0.3) is 0 Å². The third-order valence-electron chi connectivity index (χ3n) is 4.39. The number of carbonyl (C=O) groups excluding carboxylic acids is 1. The molecule has 5 heteroatoms. The van der Waals surface area contributed by atoms with E-state index in [1.807, 2.05) is 12.1 Å². The van der Waals surface area contributed by atoms with Gasteiger partial charge in [0.2, 0.25) is 0 Å². The lowest BCUT2D eigenvalue weighted by Crippen LogP contribution is -2.43. The van der Waals surface area contributed by atoms with Crippen molar-refractivity contribution in [3.05, 3.63) is 24.0 Å². The molecule has 1 aliphatic carbocycles. The van der Waals surface area contributed by atoms with Crippen molar-refractivity contribution in [3.8, 4) is 0 Å². The molecule has 0 bridgehead atoms. The maximum Gasteiger partial charge on any atom is 0.356 e. The van der Waals surface area contributed by atoms with Gasteiger partial charge < -0.3 is 15.0 Å². The molecule has 0 aromatic carbocycles. The van der Waals surface area contributed by atoms with Crippen molar-refractivity contribution in [2.75, 3.05) is 31.6 Å². The zero-order valence-electron chi connectivity index (χ0n) is 12.5. The Morgan fingerprint density at radius 3 is 2.81 bits per heavy atom. The molecule has 0 unspecified atom stereocenters. The van der Waals surface area contributed by atoms with Gasteiger partial charge in [-0.1, -0.05) is 0 Å². The molecule has 0 spiro atoms. The lowest BCUT2D eigenvalue weighted by Gasteiger charge is -2.34. The molecule has 1 aliphatic heterocycles. The number of hydrogen-bond acceptors (Lipinski definition) is 5. The van der Waals surface area contributed by atoms with Crippen LogP contribution in [0.4, 0.5) is 5.69 Å². The minimum atomic E-state index is -0.377. The molecule has 1 N–H and O–H groups in total. The monoisotopic (exact) mass is 289 g/mol. The highest BCUT2D eigenvalue weighted by Crippen LogP contribution is 2.28. The molecule has 1 saturated heterocycles. The van der Waals surface area contributed by atoms with Crippen LogP contribution in [-0.4, -0.2) is 43.7 Å². The van der Waals surface area contributed by atoms with Gasteiger partial charge in [0, 0.05) is 31.0 Å². The van der Waals surface area contributed by atoms with Gasteiger partial charge in [-0.15, -0.1) is 0 Å². The van der Waals surface area contributed by atoms with Crippen molar-refractivity contribution in [3.63, 3.8) is 0 Å². The van der Waals surface area contributed by atoms with Gasteiger partial charge in [0.15, 0.2) is 0 Å². The number of ether oxygens (including phenoxy) is 1. The molecule has 0 radical (unpaired) electrons. The molecular formula is C16H23N3O2. The SMILES string of the molecule is COC(=O)c1cc(N2CCC(NCC3CC3)CC2)ccn1. The van der Waals surface area contributed by atoms with Gasteiger partial charge in [-0.3, -0.25) is 0 Å². The average Bonchev–Trinajstić information content (AvgIpc) is 3.37. The molecule has 0 amide bonds. The summed E-state index contributed by atoms with van der Waals surface area (Å²) in [7, 11) is 1.38. The van der Waals surface area contributed by atoms with Crippen molar-refractivity contribution >= 4 is 11.7 Å². The summed E-state index contributed by atoms with van der Waals surface area (Å²) in [5.41, 5.74) is 1.44. The Labute approximate surface area is 125 Å². The number of pyridine rings is 1. The Balaban J connectivity index is 1.54. The normalized spacial score (nSPS) is 19.6. The summed E-state index contributed by atoms with van der Waals surface area (Å²) >= 11 is 0. The van der Waals surface area contributed by atoms with Crippen LogP contribution in [0.15, 0.2) is 18.3 Å². The first-order chi connectivity index (χ1) is 10.3. The number of nitrogens with one attached hydrogen (secondary N) is 1. The lowest BCUT2D eigenvalue weighted by atomic mass is 10.0. The van der Waals surface area contributed by atoms with Crippen LogP contribution in [0.2, 0.25) is 0 Å². The maximum absolute atomic E-state index is 11.5. The van der Waals surface area contributed by atoms with E-state index in [0.717, 1.165) is 37.5 Å². The molecule has 1 aromatic rings. The summed E-state index contributed by atoms with van der Waals surface area (Å²) < 4.78 is 4.73. The molecule has 2 fully saturated rings.